The summed E-state index contributed by atoms with van der Waals surface area (Å²) in [5.74, 6) is 0.718. The third-order valence-corrected chi connectivity index (χ3v) is 4.61. The normalized spacial score (nSPS) is 12.5. The molecule has 2 rings (SSSR count). The van der Waals surface area contributed by atoms with E-state index >= 15 is 0 Å². The first-order valence-electron chi connectivity index (χ1n) is 7.56. The largest absolute Gasteiger partial charge is 0.317 e. The lowest BCUT2D eigenvalue weighted by Gasteiger charge is -2.18. The third kappa shape index (κ3) is 4.77. The Hall–Kier alpha value is -1.12. The molecule has 108 valence electrons. The van der Waals surface area contributed by atoms with Gasteiger partial charge in [-0.05, 0) is 78.7 Å². The summed E-state index contributed by atoms with van der Waals surface area (Å²) < 4.78 is 0. The maximum atomic E-state index is 3.52. The van der Waals surface area contributed by atoms with Crippen LogP contribution in [0.25, 0.3) is 0 Å². The SMILES string of the molecule is CCNCC(CCc1ccsc1)Cc1ccccc1C. The van der Waals surface area contributed by atoms with Crippen LogP contribution >= 0.6 is 11.3 Å². The van der Waals surface area contributed by atoms with Crippen LogP contribution in [0, 0.1) is 12.8 Å². The topological polar surface area (TPSA) is 12.0 Å². The van der Waals surface area contributed by atoms with Crippen molar-refractivity contribution in [1.29, 1.82) is 0 Å². The average molecular weight is 287 g/mol. The Morgan fingerprint density at radius 2 is 2.05 bits per heavy atom. The Morgan fingerprint density at radius 3 is 2.75 bits per heavy atom. The van der Waals surface area contributed by atoms with Crippen LogP contribution < -0.4 is 5.32 Å². The molecule has 0 bridgehead atoms. The summed E-state index contributed by atoms with van der Waals surface area (Å²) >= 11 is 1.80. The zero-order valence-corrected chi connectivity index (χ0v) is 13.4. The van der Waals surface area contributed by atoms with Crippen molar-refractivity contribution in [2.75, 3.05) is 13.1 Å². The molecule has 1 heterocycles. The highest BCUT2D eigenvalue weighted by atomic mass is 32.1. The van der Waals surface area contributed by atoms with Gasteiger partial charge in [-0.1, -0.05) is 31.2 Å². The van der Waals surface area contributed by atoms with Crippen LogP contribution in [0.4, 0.5) is 0 Å². The van der Waals surface area contributed by atoms with Crippen LogP contribution in [0.2, 0.25) is 0 Å². The van der Waals surface area contributed by atoms with Crippen LogP contribution in [-0.2, 0) is 12.8 Å². The number of rotatable bonds is 8. The highest BCUT2D eigenvalue weighted by Gasteiger charge is 2.11. The molecule has 2 aromatic rings. The van der Waals surface area contributed by atoms with Gasteiger partial charge in [-0.3, -0.25) is 0 Å². The van der Waals surface area contributed by atoms with Crippen molar-refractivity contribution < 1.29 is 0 Å². The van der Waals surface area contributed by atoms with E-state index in [0.717, 1.165) is 19.0 Å². The maximum absolute atomic E-state index is 3.52. The molecule has 0 radical (unpaired) electrons. The molecule has 1 N–H and O–H groups in total. The van der Waals surface area contributed by atoms with E-state index < -0.39 is 0 Å². The quantitative estimate of drug-likeness (QED) is 0.756. The molecule has 1 nitrogen and oxygen atoms in total. The predicted molar refractivity (Wildman–Crippen MR) is 89.6 cm³/mol. The predicted octanol–water partition coefficient (Wildman–Crippen LogP) is 4.46. The zero-order chi connectivity index (χ0) is 14.2. The molecular weight excluding hydrogens is 262 g/mol. The smallest absolute Gasteiger partial charge is 0.00173 e. The van der Waals surface area contributed by atoms with Gasteiger partial charge in [0.2, 0.25) is 0 Å². The van der Waals surface area contributed by atoms with E-state index in [2.05, 4.69) is 60.3 Å². The lowest BCUT2D eigenvalue weighted by Crippen LogP contribution is -2.24. The number of hydrogen-bond donors (Lipinski definition) is 1. The van der Waals surface area contributed by atoms with Crippen LogP contribution in [0.5, 0.6) is 0 Å². The number of aryl methyl sites for hydroxylation is 2. The van der Waals surface area contributed by atoms with Gasteiger partial charge in [0.15, 0.2) is 0 Å². The summed E-state index contributed by atoms with van der Waals surface area (Å²) in [6, 6.07) is 11.0. The minimum atomic E-state index is 0.718. The number of nitrogens with one attached hydrogen (secondary N) is 1. The van der Waals surface area contributed by atoms with E-state index in [4.69, 9.17) is 0 Å². The van der Waals surface area contributed by atoms with Crippen molar-refractivity contribution in [3.63, 3.8) is 0 Å². The molecule has 0 aliphatic carbocycles. The molecule has 0 aliphatic rings. The van der Waals surface area contributed by atoms with E-state index in [-0.39, 0.29) is 0 Å². The first-order valence-corrected chi connectivity index (χ1v) is 8.50. The van der Waals surface area contributed by atoms with Gasteiger partial charge in [0.05, 0.1) is 0 Å². The summed E-state index contributed by atoms with van der Waals surface area (Å²) in [5.41, 5.74) is 4.41. The molecule has 2 heteroatoms. The van der Waals surface area contributed by atoms with Gasteiger partial charge in [0.1, 0.15) is 0 Å². The molecule has 20 heavy (non-hydrogen) atoms. The maximum Gasteiger partial charge on any atom is -0.00173 e. The molecule has 0 aliphatic heterocycles. The van der Waals surface area contributed by atoms with Crippen LogP contribution in [-0.4, -0.2) is 13.1 Å². The second kappa shape index (κ2) is 8.23. The summed E-state index contributed by atoms with van der Waals surface area (Å²) in [4.78, 5) is 0. The minimum Gasteiger partial charge on any atom is -0.317 e. The minimum absolute atomic E-state index is 0.718. The lowest BCUT2D eigenvalue weighted by atomic mass is 9.91. The van der Waals surface area contributed by atoms with Crippen molar-refractivity contribution in [3.8, 4) is 0 Å². The van der Waals surface area contributed by atoms with E-state index in [1.165, 1.54) is 36.0 Å². The summed E-state index contributed by atoms with van der Waals surface area (Å²) in [5, 5.41) is 7.97. The van der Waals surface area contributed by atoms with Gasteiger partial charge in [0, 0.05) is 0 Å². The van der Waals surface area contributed by atoms with Crippen molar-refractivity contribution in [2.45, 2.75) is 33.1 Å². The highest BCUT2D eigenvalue weighted by Crippen LogP contribution is 2.18. The van der Waals surface area contributed by atoms with Crippen LogP contribution in [0.15, 0.2) is 41.1 Å². The molecule has 1 atom stereocenters. The fraction of sp³-hybridized carbons (Fsp3) is 0.444. The Kier molecular flexibility index (Phi) is 6.28. The lowest BCUT2D eigenvalue weighted by molar-refractivity contribution is 0.449. The van der Waals surface area contributed by atoms with Crippen molar-refractivity contribution in [2.24, 2.45) is 5.92 Å². The highest BCUT2D eigenvalue weighted by molar-refractivity contribution is 7.07. The van der Waals surface area contributed by atoms with Crippen LogP contribution in [0.3, 0.4) is 0 Å². The number of benzene rings is 1. The van der Waals surface area contributed by atoms with E-state index in [0.29, 0.717) is 0 Å². The molecule has 0 saturated heterocycles. The van der Waals surface area contributed by atoms with Crippen molar-refractivity contribution >= 4 is 11.3 Å². The average Bonchev–Trinajstić information content (AvgIpc) is 2.97. The first-order chi connectivity index (χ1) is 9.79. The summed E-state index contributed by atoms with van der Waals surface area (Å²) in [7, 11) is 0. The van der Waals surface area contributed by atoms with E-state index in [1.54, 1.807) is 11.3 Å². The number of thiophene rings is 1. The van der Waals surface area contributed by atoms with Gasteiger partial charge >= 0.3 is 0 Å². The fourth-order valence-electron chi connectivity index (χ4n) is 2.58. The molecule has 1 aromatic heterocycles. The molecule has 0 spiro atoms. The third-order valence-electron chi connectivity index (χ3n) is 3.87. The van der Waals surface area contributed by atoms with Gasteiger partial charge < -0.3 is 5.32 Å². The molecule has 0 saturated carbocycles. The second-order valence-electron chi connectivity index (χ2n) is 5.47. The Bertz CT molecular complexity index is 490. The Balaban J connectivity index is 1.94. The molecule has 0 amide bonds. The van der Waals surface area contributed by atoms with Gasteiger partial charge in [-0.15, -0.1) is 0 Å². The molecular formula is C18H25NS. The monoisotopic (exact) mass is 287 g/mol. The van der Waals surface area contributed by atoms with Crippen molar-refractivity contribution in [1.82, 2.24) is 5.32 Å². The first kappa shape index (κ1) is 15.3. The second-order valence-corrected chi connectivity index (χ2v) is 6.25. The number of hydrogen-bond acceptors (Lipinski definition) is 2. The Morgan fingerprint density at radius 1 is 1.20 bits per heavy atom. The summed E-state index contributed by atoms with van der Waals surface area (Å²) in [6.07, 6.45) is 3.65. The summed E-state index contributed by atoms with van der Waals surface area (Å²) in [6.45, 7) is 6.58. The van der Waals surface area contributed by atoms with Gasteiger partial charge in [-0.2, -0.15) is 11.3 Å². The van der Waals surface area contributed by atoms with Crippen molar-refractivity contribution in [3.05, 3.63) is 57.8 Å². The van der Waals surface area contributed by atoms with E-state index in [1.807, 2.05) is 0 Å². The van der Waals surface area contributed by atoms with Gasteiger partial charge in [0.25, 0.3) is 0 Å². The van der Waals surface area contributed by atoms with E-state index in [9.17, 15) is 0 Å². The van der Waals surface area contributed by atoms with Crippen LogP contribution in [0.1, 0.15) is 30.0 Å². The Labute approximate surface area is 127 Å². The standard InChI is InChI=1S/C18H25NS/c1-3-19-13-17(9-8-16-10-11-20-14-16)12-18-7-5-4-6-15(18)2/h4-7,10-11,14,17,19H,3,8-9,12-13H2,1-2H3. The fourth-order valence-corrected chi connectivity index (χ4v) is 3.28. The zero-order valence-electron chi connectivity index (χ0n) is 12.6. The molecule has 0 fully saturated rings. The molecule has 1 aromatic carbocycles. The molecule has 1 unspecified atom stereocenters. The van der Waals surface area contributed by atoms with Gasteiger partial charge in [-0.25, -0.2) is 0 Å².